The van der Waals surface area contributed by atoms with E-state index in [2.05, 4.69) is 4.74 Å². The predicted octanol–water partition coefficient (Wildman–Crippen LogP) is 4.81. The number of nitrogens with two attached hydrogens (primary N) is 1. The Hall–Kier alpha value is -1.53. The van der Waals surface area contributed by atoms with Gasteiger partial charge in [-0.2, -0.15) is 8.78 Å². The topological polar surface area (TPSA) is 35.2 Å². The number of alkyl halides is 2. The lowest BCUT2D eigenvalue weighted by atomic mass is 10.3. The van der Waals surface area contributed by atoms with Crippen LogP contribution in [0.4, 0.5) is 18.9 Å². The summed E-state index contributed by atoms with van der Waals surface area (Å²) in [7, 11) is 0. The van der Waals surface area contributed by atoms with Gasteiger partial charge in [-0.15, -0.1) is 0 Å². The minimum atomic E-state index is -3.10. The first-order valence-electron chi connectivity index (χ1n) is 5.43. The molecule has 0 saturated carbocycles. The third kappa shape index (κ3) is 3.74. The highest BCUT2D eigenvalue weighted by atomic mass is 35.5. The minimum Gasteiger partial charge on any atom is -0.432 e. The fourth-order valence-corrected chi connectivity index (χ4v) is 2.45. The first kappa shape index (κ1) is 14.9. The van der Waals surface area contributed by atoms with Crippen LogP contribution in [-0.4, -0.2) is 6.61 Å². The smallest absolute Gasteiger partial charge is 0.387 e. The summed E-state index contributed by atoms with van der Waals surface area (Å²) in [5.41, 5.74) is 5.81. The Bertz CT molecular complexity index is 607. The number of hydrogen-bond acceptors (Lipinski definition) is 3. The predicted molar refractivity (Wildman–Crippen MR) is 73.0 cm³/mol. The molecule has 2 N–H and O–H groups in total. The van der Waals surface area contributed by atoms with Crippen LogP contribution in [0.5, 0.6) is 5.75 Å². The van der Waals surface area contributed by atoms with Crippen molar-refractivity contribution in [2.45, 2.75) is 16.4 Å². The third-order valence-electron chi connectivity index (χ3n) is 2.32. The summed E-state index contributed by atoms with van der Waals surface area (Å²) >= 11 is 6.96. The Labute approximate surface area is 122 Å². The number of benzene rings is 2. The summed E-state index contributed by atoms with van der Waals surface area (Å²) in [4.78, 5) is 1.21. The maximum Gasteiger partial charge on any atom is 0.387 e. The van der Waals surface area contributed by atoms with Crippen molar-refractivity contribution >= 4 is 29.1 Å². The summed E-state index contributed by atoms with van der Waals surface area (Å²) < 4.78 is 41.8. The Morgan fingerprint density at radius 3 is 2.40 bits per heavy atom. The van der Waals surface area contributed by atoms with Crippen LogP contribution in [0.2, 0.25) is 5.02 Å². The molecule has 0 heterocycles. The molecular weight excluding hydrogens is 311 g/mol. The van der Waals surface area contributed by atoms with Crippen LogP contribution in [0.25, 0.3) is 0 Å². The van der Waals surface area contributed by atoms with Crippen LogP contribution < -0.4 is 10.5 Å². The second-order valence-electron chi connectivity index (χ2n) is 3.75. The second-order valence-corrected chi connectivity index (χ2v) is 5.31. The van der Waals surface area contributed by atoms with Crippen molar-refractivity contribution in [1.82, 2.24) is 0 Å². The molecule has 20 heavy (non-hydrogen) atoms. The summed E-state index contributed by atoms with van der Waals surface area (Å²) in [6.07, 6.45) is 0. The van der Waals surface area contributed by atoms with Crippen LogP contribution in [0.15, 0.2) is 46.2 Å². The van der Waals surface area contributed by atoms with Crippen LogP contribution in [0, 0.1) is 5.82 Å². The van der Waals surface area contributed by atoms with Gasteiger partial charge in [0.25, 0.3) is 0 Å². The fraction of sp³-hybridized carbons (Fsp3) is 0.0769. The molecule has 0 atom stereocenters. The van der Waals surface area contributed by atoms with Gasteiger partial charge in [0, 0.05) is 26.6 Å². The van der Waals surface area contributed by atoms with Crippen molar-refractivity contribution in [2.24, 2.45) is 0 Å². The Morgan fingerprint density at radius 1 is 1.15 bits per heavy atom. The average Bonchev–Trinajstić information content (AvgIpc) is 2.37. The van der Waals surface area contributed by atoms with Crippen molar-refractivity contribution in [1.29, 1.82) is 0 Å². The molecule has 0 aliphatic carbocycles. The zero-order valence-corrected chi connectivity index (χ0v) is 11.5. The van der Waals surface area contributed by atoms with E-state index in [0.717, 1.165) is 17.0 Å². The van der Waals surface area contributed by atoms with Gasteiger partial charge >= 0.3 is 6.61 Å². The van der Waals surface area contributed by atoms with E-state index in [4.69, 9.17) is 17.3 Å². The Kier molecular flexibility index (Phi) is 4.67. The molecule has 0 amide bonds. The zero-order valence-electron chi connectivity index (χ0n) is 9.95. The van der Waals surface area contributed by atoms with Crippen molar-refractivity contribution in [3.05, 3.63) is 47.2 Å². The molecule has 2 nitrogen and oxygen atoms in total. The molecule has 0 unspecified atom stereocenters. The van der Waals surface area contributed by atoms with E-state index in [0.29, 0.717) is 9.92 Å². The first-order chi connectivity index (χ1) is 9.45. The molecular formula is C13H9ClF3NOS. The first-order valence-corrected chi connectivity index (χ1v) is 6.62. The Balaban J connectivity index is 2.28. The van der Waals surface area contributed by atoms with Gasteiger partial charge in [-0.1, -0.05) is 23.4 Å². The van der Waals surface area contributed by atoms with Gasteiger partial charge in [0.2, 0.25) is 0 Å². The molecule has 0 radical (unpaired) electrons. The zero-order chi connectivity index (χ0) is 14.7. The number of ether oxygens (including phenoxy) is 1. The fourth-order valence-electron chi connectivity index (χ4n) is 1.45. The van der Waals surface area contributed by atoms with Crippen LogP contribution in [-0.2, 0) is 0 Å². The standard InChI is InChI=1S/C13H9ClF3NOS/c14-7-1-3-8(4-2-7)20-12-6-11(19-13(16)17)9(15)5-10(12)18/h1-6,13H,18H2. The molecule has 0 aromatic heterocycles. The number of hydrogen-bond donors (Lipinski definition) is 1. The molecule has 7 heteroatoms. The molecule has 0 bridgehead atoms. The molecule has 0 spiro atoms. The highest BCUT2D eigenvalue weighted by Crippen LogP contribution is 2.36. The number of anilines is 1. The number of rotatable bonds is 4. The van der Waals surface area contributed by atoms with E-state index in [1.54, 1.807) is 24.3 Å². The van der Waals surface area contributed by atoms with Crippen LogP contribution in [0.3, 0.4) is 0 Å². The molecule has 0 aliphatic rings. The molecule has 2 aromatic rings. The molecule has 0 fully saturated rings. The van der Waals surface area contributed by atoms with Crippen molar-refractivity contribution < 1.29 is 17.9 Å². The molecule has 0 saturated heterocycles. The molecule has 2 rings (SSSR count). The van der Waals surface area contributed by atoms with Gasteiger partial charge in [-0.05, 0) is 30.3 Å². The quantitative estimate of drug-likeness (QED) is 0.821. The van der Waals surface area contributed by atoms with Gasteiger partial charge < -0.3 is 10.5 Å². The second kappa shape index (κ2) is 6.28. The van der Waals surface area contributed by atoms with Crippen LogP contribution in [0.1, 0.15) is 0 Å². The van der Waals surface area contributed by atoms with Crippen LogP contribution >= 0.6 is 23.4 Å². The highest BCUT2D eigenvalue weighted by molar-refractivity contribution is 7.99. The molecule has 2 aromatic carbocycles. The highest BCUT2D eigenvalue weighted by Gasteiger charge is 2.14. The molecule has 0 aliphatic heterocycles. The average molecular weight is 320 g/mol. The lowest BCUT2D eigenvalue weighted by Gasteiger charge is -2.10. The number of nitrogen functional groups attached to an aromatic ring is 1. The van der Waals surface area contributed by atoms with E-state index < -0.39 is 18.2 Å². The van der Waals surface area contributed by atoms with E-state index >= 15 is 0 Å². The monoisotopic (exact) mass is 319 g/mol. The van der Waals surface area contributed by atoms with Gasteiger partial charge in [-0.3, -0.25) is 0 Å². The third-order valence-corrected chi connectivity index (χ3v) is 3.66. The molecule has 106 valence electrons. The summed E-state index contributed by atoms with van der Waals surface area (Å²) in [6, 6.07) is 8.94. The lowest BCUT2D eigenvalue weighted by Crippen LogP contribution is -2.04. The Morgan fingerprint density at radius 2 is 1.80 bits per heavy atom. The van der Waals surface area contributed by atoms with E-state index in [1.807, 2.05) is 0 Å². The summed E-state index contributed by atoms with van der Waals surface area (Å²) in [6.45, 7) is -3.10. The maximum absolute atomic E-state index is 13.4. The normalized spacial score (nSPS) is 10.8. The van der Waals surface area contributed by atoms with Gasteiger partial charge in [0.1, 0.15) is 0 Å². The maximum atomic E-state index is 13.4. The van der Waals surface area contributed by atoms with Crippen molar-refractivity contribution in [3.63, 3.8) is 0 Å². The van der Waals surface area contributed by atoms with E-state index in [-0.39, 0.29) is 5.69 Å². The van der Waals surface area contributed by atoms with Crippen molar-refractivity contribution in [2.75, 3.05) is 5.73 Å². The summed E-state index contributed by atoms with van der Waals surface area (Å²) in [5, 5.41) is 0.572. The number of halogens is 4. The minimum absolute atomic E-state index is 0.143. The van der Waals surface area contributed by atoms with Gasteiger partial charge in [-0.25, -0.2) is 4.39 Å². The summed E-state index contributed by atoms with van der Waals surface area (Å²) in [5.74, 6) is -1.46. The van der Waals surface area contributed by atoms with Crippen molar-refractivity contribution in [3.8, 4) is 5.75 Å². The largest absolute Gasteiger partial charge is 0.432 e. The van der Waals surface area contributed by atoms with E-state index in [9.17, 15) is 13.2 Å². The SMILES string of the molecule is Nc1cc(F)c(OC(F)F)cc1Sc1ccc(Cl)cc1. The van der Waals surface area contributed by atoms with Gasteiger partial charge in [0.15, 0.2) is 11.6 Å². The van der Waals surface area contributed by atoms with E-state index in [1.165, 1.54) is 11.8 Å². The lowest BCUT2D eigenvalue weighted by molar-refractivity contribution is -0.0523. The van der Waals surface area contributed by atoms with Gasteiger partial charge in [0.05, 0.1) is 0 Å².